The van der Waals surface area contributed by atoms with E-state index in [2.05, 4.69) is 4.72 Å². The molecule has 0 heterocycles. The fourth-order valence-corrected chi connectivity index (χ4v) is 5.59. The molecule has 0 saturated carbocycles. The van der Waals surface area contributed by atoms with Crippen LogP contribution in [0.25, 0.3) is 0 Å². The van der Waals surface area contributed by atoms with E-state index in [1.54, 1.807) is 32.9 Å². The molecule has 0 saturated heterocycles. The van der Waals surface area contributed by atoms with Crippen LogP contribution in [-0.2, 0) is 20.0 Å². The van der Waals surface area contributed by atoms with E-state index in [4.69, 9.17) is 4.74 Å². The molecule has 0 aliphatic heterocycles. The molecule has 0 spiro atoms. The van der Waals surface area contributed by atoms with Crippen molar-refractivity contribution in [3.8, 4) is 5.75 Å². The first kappa shape index (κ1) is 23.2. The molecule has 0 fully saturated rings. The second-order valence-corrected chi connectivity index (χ2v) is 10.1. The zero-order valence-electron chi connectivity index (χ0n) is 17.4. The van der Waals surface area contributed by atoms with Crippen molar-refractivity contribution in [2.75, 3.05) is 24.4 Å². The van der Waals surface area contributed by atoms with Gasteiger partial charge in [0.1, 0.15) is 10.6 Å². The number of nitrogens with zero attached hydrogens (tertiary/aromatic N) is 1. The number of hydrogen-bond donors (Lipinski definition) is 1. The first-order valence-electron chi connectivity index (χ1n) is 9.43. The molecule has 1 N–H and O–H groups in total. The zero-order chi connectivity index (χ0) is 21.8. The number of benzene rings is 2. The monoisotopic (exact) mass is 440 g/mol. The molecule has 160 valence electrons. The summed E-state index contributed by atoms with van der Waals surface area (Å²) >= 11 is 0. The van der Waals surface area contributed by atoms with E-state index in [9.17, 15) is 16.8 Å². The minimum atomic E-state index is -3.87. The summed E-state index contributed by atoms with van der Waals surface area (Å²) in [5, 5.41) is 0. The molecule has 0 atom stereocenters. The number of aryl methyl sites for hydroxylation is 2. The molecule has 7 nitrogen and oxygen atoms in total. The van der Waals surface area contributed by atoms with Gasteiger partial charge in [0.15, 0.2) is 0 Å². The van der Waals surface area contributed by atoms with Crippen LogP contribution in [0.15, 0.2) is 46.2 Å². The minimum absolute atomic E-state index is 0.0664. The molecular weight excluding hydrogens is 412 g/mol. The standard InChI is InChI=1S/C20H28N2O5S2/c1-6-22(7-2)29(25,26)20-14-17(10-12-19(20)27-8-3)21-28(23,24)18-11-9-15(4)16(5)13-18/h9-14,21H,6-8H2,1-5H3. The molecule has 2 aromatic carbocycles. The lowest BCUT2D eigenvalue weighted by Gasteiger charge is -2.21. The van der Waals surface area contributed by atoms with E-state index >= 15 is 0 Å². The van der Waals surface area contributed by atoms with E-state index in [0.29, 0.717) is 13.1 Å². The molecule has 29 heavy (non-hydrogen) atoms. The average Bonchev–Trinajstić information content (AvgIpc) is 2.65. The molecule has 9 heteroatoms. The number of ether oxygens (including phenoxy) is 1. The maximum atomic E-state index is 13.0. The predicted molar refractivity (Wildman–Crippen MR) is 114 cm³/mol. The van der Waals surface area contributed by atoms with Crippen LogP contribution in [0.2, 0.25) is 0 Å². The highest BCUT2D eigenvalue weighted by Crippen LogP contribution is 2.31. The van der Waals surface area contributed by atoms with Gasteiger partial charge in [0.2, 0.25) is 10.0 Å². The van der Waals surface area contributed by atoms with Crippen molar-refractivity contribution in [1.82, 2.24) is 4.31 Å². The molecule has 0 amide bonds. The maximum absolute atomic E-state index is 13.0. The van der Waals surface area contributed by atoms with E-state index in [1.165, 1.54) is 28.6 Å². The van der Waals surface area contributed by atoms with E-state index in [1.807, 2.05) is 13.8 Å². The highest BCUT2D eigenvalue weighted by atomic mass is 32.2. The summed E-state index contributed by atoms with van der Waals surface area (Å²) in [6.45, 7) is 9.85. The number of hydrogen-bond acceptors (Lipinski definition) is 5. The van der Waals surface area contributed by atoms with Crippen LogP contribution in [0, 0.1) is 13.8 Å². The topological polar surface area (TPSA) is 92.8 Å². The quantitative estimate of drug-likeness (QED) is 0.644. The number of rotatable bonds is 9. The number of sulfonamides is 2. The van der Waals surface area contributed by atoms with Crippen molar-refractivity contribution in [1.29, 1.82) is 0 Å². The van der Waals surface area contributed by atoms with Crippen LogP contribution in [0.5, 0.6) is 5.75 Å². The number of anilines is 1. The van der Waals surface area contributed by atoms with Gasteiger partial charge in [-0.05, 0) is 62.2 Å². The summed E-state index contributed by atoms with van der Waals surface area (Å²) in [6.07, 6.45) is 0. The predicted octanol–water partition coefficient (Wildman–Crippen LogP) is 3.53. The molecule has 2 aromatic rings. The van der Waals surface area contributed by atoms with Crippen LogP contribution in [-0.4, -0.2) is 40.8 Å². The Hall–Kier alpha value is -2.10. The maximum Gasteiger partial charge on any atom is 0.261 e. The Bertz CT molecular complexity index is 1080. The highest BCUT2D eigenvalue weighted by Gasteiger charge is 2.27. The highest BCUT2D eigenvalue weighted by molar-refractivity contribution is 7.92. The van der Waals surface area contributed by atoms with Crippen molar-refractivity contribution >= 4 is 25.7 Å². The van der Waals surface area contributed by atoms with Gasteiger partial charge in [0.25, 0.3) is 10.0 Å². The Labute approximate surface area is 173 Å². The Morgan fingerprint density at radius 2 is 1.55 bits per heavy atom. The molecular formula is C20H28N2O5S2. The minimum Gasteiger partial charge on any atom is -0.492 e. The van der Waals surface area contributed by atoms with Crippen LogP contribution in [0.1, 0.15) is 31.9 Å². The first-order valence-corrected chi connectivity index (χ1v) is 12.4. The van der Waals surface area contributed by atoms with Crippen molar-refractivity contribution in [2.24, 2.45) is 0 Å². The van der Waals surface area contributed by atoms with E-state index in [0.717, 1.165) is 11.1 Å². The lowest BCUT2D eigenvalue weighted by atomic mass is 10.1. The summed E-state index contributed by atoms with van der Waals surface area (Å²) in [4.78, 5) is 0.0472. The van der Waals surface area contributed by atoms with Crippen LogP contribution >= 0.6 is 0 Å². The fourth-order valence-electron chi connectivity index (χ4n) is 2.85. The molecule has 0 aliphatic carbocycles. The Kier molecular flexibility index (Phi) is 7.31. The van der Waals surface area contributed by atoms with Crippen molar-refractivity contribution in [2.45, 2.75) is 44.4 Å². The van der Waals surface area contributed by atoms with Gasteiger partial charge in [-0.2, -0.15) is 4.31 Å². The Morgan fingerprint density at radius 1 is 0.897 bits per heavy atom. The molecule has 0 unspecified atom stereocenters. The summed E-state index contributed by atoms with van der Waals surface area (Å²) in [5.41, 5.74) is 1.99. The lowest BCUT2D eigenvalue weighted by Crippen LogP contribution is -2.31. The van der Waals surface area contributed by atoms with Gasteiger partial charge in [-0.1, -0.05) is 19.9 Å². The van der Waals surface area contributed by atoms with Crippen LogP contribution in [0.3, 0.4) is 0 Å². The van der Waals surface area contributed by atoms with Gasteiger partial charge in [0, 0.05) is 13.1 Å². The summed E-state index contributed by atoms with van der Waals surface area (Å²) in [7, 11) is -7.71. The number of nitrogens with one attached hydrogen (secondary N) is 1. The van der Waals surface area contributed by atoms with Gasteiger partial charge < -0.3 is 4.74 Å². The molecule has 0 radical (unpaired) electrons. The van der Waals surface area contributed by atoms with Crippen molar-refractivity contribution in [3.05, 3.63) is 47.5 Å². The van der Waals surface area contributed by atoms with Crippen LogP contribution < -0.4 is 9.46 Å². The smallest absolute Gasteiger partial charge is 0.261 e. The van der Waals surface area contributed by atoms with Crippen molar-refractivity contribution in [3.63, 3.8) is 0 Å². The second kappa shape index (κ2) is 9.15. The van der Waals surface area contributed by atoms with Crippen molar-refractivity contribution < 1.29 is 21.6 Å². The normalized spacial score (nSPS) is 12.2. The molecule has 0 aliphatic rings. The molecule has 0 aromatic heterocycles. The average molecular weight is 441 g/mol. The third-order valence-corrected chi connectivity index (χ3v) is 8.06. The first-order chi connectivity index (χ1) is 13.6. The largest absolute Gasteiger partial charge is 0.492 e. The third-order valence-electron chi connectivity index (χ3n) is 4.61. The summed E-state index contributed by atoms with van der Waals surface area (Å²) < 4.78 is 60.9. The third kappa shape index (κ3) is 5.09. The second-order valence-electron chi connectivity index (χ2n) is 6.54. The SMILES string of the molecule is CCOc1ccc(NS(=O)(=O)c2ccc(C)c(C)c2)cc1S(=O)(=O)N(CC)CC. The Morgan fingerprint density at radius 3 is 2.10 bits per heavy atom. The summed E-state index contributed by atoms with van der Waals surface area (Å²) in [5.74, 6) is 0.188. The van der Waals surface area contributed by atoms with E-state index < -0.39 is 20.0 Å². The fraction of sp³-hybridized carbons (Fsp3) is 0.400. The van der Waals surface area contributed by atoms with Gasteiger partial charge in [-0.15, -0.1) is 0 Å². The van der Waals surface area contributed by atoms with E-state index in [-0.39, 0.29) is 27.8 Å². The van der Waals surface area contributed by atoms with Gasteiger partial charge in [-0.3, -0.25) is 4.72 Å². The molecule has 0 bridgehead atoms. The lowest BCUT2D eigenvalue weighted by molar-refractivity contribution is 0.329. The Balaban J connectivity index is 2.51. The zero-order valence-corrected chi connectivity index (χ0v) is 19.0. The van der Waals surface area contributed by atoms with Gasteiger partial charge >= 0.3 is 0 Å². The molecule has 2 rings (SSSR count). The van der Waals surface area contributed by atoms with Gasteiger partial charge in [-0.25, -0.2) is 16.8 Å². The van der Waals surface area contributed by atoms with Crippen LogP contribution in [0.4, 0.5) is 5.69 Å². The van der Waals surface area contributed by atoms with Gasteiger partial charge in [0.05, 0.1) is 17.2 Å². The summed E-state index contributed by atoms with van der Waals surface area (Å²) in [6, 6.07) is 9.10.